The van der Waals surface area contributed by atoms with E-state index in [0.29, 0.717) is 0 Å². The zero-order valence-electron chi connectivity index (χ0n) is 23.0. The quantitative estimate of drug-likeness (QED) is 0.215. The van der Waals surface area contributed by atoms with Gasteiger partial charge in [0.2, 0.25) is 0 Å². The fourth-order valence-electron chi connectivity index (χ4n) is 6.36. The summed E-state index contributed by atoms with van der Waals surface area (Å²) in [6.45, 7) is 4.67. The minimum Gasteiger partial charge on any atom is -0.256 e. The maximum absolute atomic E-state index is 5.12. The van der Waals surface area contributed by atoms with Gasteiger partial charge in [-0.05, 0) is 75.1 Å². The first-order valence-corrected chi connectivity index (χ1v) is 14.0. The highest BCUT2D eigenvalue weighted by molar-refractivity contribution is 6.16. The van der Waals surface area contributed by atoms with Crippen molar-refractivity contribution < 1.29 is 0 Å². The molecule has 0 N–H and O–H groups in total. The monoisotopic (exact) mass is 525 g/mol. The highest BCUT2D eigenvalue weighted by Gasteiger charge is 2.35. The number of aromatic nitrogens is 3. The molecule has 8 rings (SSSR count). The van der Waals surface area contributed by atoms with Gasteiger partial charge < -0.3 is 0 Å². The van der Waals surface area contributed by atoms with Crippen LogP contribution in [0.2, 0.25) is 0 Å². The maximum atomic E-state index is 5.12. The molecule has 3 nitrogen and oxygen atoms in total. The summed E-state index contributed by atoms with van der Waals surface area (Å²) in [4.78, 5) is 14.9. The van der Waals surface area contributed by atoms with Crippen LogP contribution in [0.25, 0.3) is 66.7 Å². The van der Waals surface area contributed by atoms with Crippen molar-refractivity contribution in [2.45, 2.75) is 19.3 Å². The number of rotatable bonds is 4. The van der Waals surface area contributed by atoms with Gasteiger partial charge in [0.25, 0.3) is 0 Å². The predicted molar refractivity (Wildman–Crippen MR) is 169 cm³/mol. The third-order valence-corrected chi connectivity index (χ3v) is 8.46. The van der Waals surface area contributed by atoms with Crippen molar-refractivity contribution in [2.75, 3.05) is 0 Å². The molecular weight excluding hydrogens is 498 g/mol. The smallest absolute Gasteiger partial charge is 0.160 e. The van der Waals surface area contributed by atoms with E-state index in [4.69, 9.17) is 9.97 Å². The average molecular weight is 526 g/mol. The van der Waals surface area contributed by atoms with Crippen LogP contribution in [0.15, 0.2) is 128 Å². The summed E-state index contributed by atoms with van der Waals surface area (Å²) >= 11 is 0. The lowest BCUT2D eigenvalue weighted by atomic mass is 9.80. The Morgan fingerprint density at radius 3 is 1.56 bits per heavy atom. The van der Waals surface area contributed by atoms with Crippen molar-refractivity contribution in [2.24, 2.45) is 0 Å². The number of hydrogen-bond donors (Lipinski definition) is 0. The van der Waals surface area contributed by atoms with Crippen LogP contribution in [0, 0.1) is 0 Å². The minimum atomic E-state index is -0.180. The molecule has 0 spiro atoms. The molecule has 2 aromatic heterocycles. The van der Waals surface area contributed by atoms with Crippen molar-refractivity contribution >= 4 is 21.5 Å². The fraction of sp³-hybridized carbons (Fsp3) is 0.0789. The largest absolute Gasteiger partial charge is 0.256 e. The highest BCUT2D eigenvalue weighted by Crippen LogP contribution is 2.51. The number of pyridine rings is 1. The Balaban J connectivity index is 1.34. The first-order chi connectivity index (χ1) is 20.1. The third-order valence-electron chi connectivity index (χ3n) is 8.46. The molecule has 41 heavy (non-hydrogen) atoms. The molecule has 0 aliphatic heterocycles. The van der Waals surface area contributed by atoms with Gasteiger partial charge in [-0.3, -0.25) is 4.98 Å². The zero-order valence-corrected chi connectivity index (χ0v) is 23.0. The van der Waals surface area contributed by atoms with E-state index in [1.54, 1.807) is 0 Å². The van der Waals surface area contributed by atoms with Crippen LogP contribution in [0.5, 0.6) is 0 Å². The molecule has 0 saturated heterocycles. The Morgan fingerprint density at radius 2 is 1.00 bits per heavy atom. The molecule has 0 bridgehead atoms. The molecule has 3 heteroatoms. The molecule has 0 atom stereocenters. The van der Waals surface area contributed by atoms with Gasteiger partial charge in [-0.2, -0.15) is 0 Å². The normalized spacial score (nSPS) is 13.3. The lowest BCUT2D eigenvalue weighted by Crippen LogP contribution is -2.15. The Kier molecular flexibility index (Phi) is 5.17. The minimum absolute atomic E-state index is 0.180. The summed E-state index contributed by atoms with van der Waals surface area (Å²) in [6, 6.07) is 42.6. The molecule has 0 amide bonds. The summed E-state index contributed by atoms with van der Waals surface area (Å²) in [6.07, 6.45) is 1.86. The molecule has 0 unspecified atom stereocenters. The Hall–Kier alpha value is -5.15. The van der Waals surface area contributed by atoms with Crippen LogP contribution < -0.4 is 0 Å². The summed E-state index contributed by atoms with van der Waals surface area (Å²) < 4.78 is 0. The molecule has 7 aromatic rings. The van der Waals surface area contributed by atoms with Crippen LogP contribution in [-0.4, -0.2) is 15.0 Å². The predicted octanol–water partition coefficient (Wildman–Crippen LogP) is 9.49. The molecule has 2 heterocycles. The fourth-order valence-corrected chi connectivity index (χ4v) is 6.36. The van der Waals surface area contributed by atoms with Gasteiger partial charge in [0, 0.05) is 33.9 Å². The molecule has 194 valence electrons. The van der Waals surface area contributed by atoms with E-state index in [9.17, 15) is 0 Å². The average Bonchev–Trinajstić information content (AvgIpc) is 3.27. The number of hydrogen-bond acceptors (Lipinski definition) is 3. The molecule has 0 radical (unpaired) electrons. The van der Waals surface area contributed by atoms with E-state index in [2.05, 4.69) is 122 Å². The lowest BCUT2D eigenvalue weighted by Gasteiger charge is -2.23. The summed E-state index contributed by atoms with van der Waals surface area (Å²) in [5.41, 5.74) is 9.67. The van der Waals surface area contributed by atoms with Crippen LogP contribution >= 0.6 is 0 Å². The molecule has 5 aromatic carbocycles. The van der Waals surface area contributed by atoms with Gasteiger partial charge in [-0.15, -0.1) is 0 Å². The second-order valence-corrected chi connectivity index (χ2v) is 11.3. The van der Waals surface area contributed by atoms with E-state index < -0.39 is 0 Å². The highest BCUT2D eigenvalue weighted by atomic mass is 14.9. The summed E-state index contributed by atoms with van der Waals surface area (Å²) in [7, 11) is 0. The topological polar surface area (TPSA) is 38.7 Å². The second kappa shape index (κ2) is 8.94. The third kappa shape index (κ3) is 3.77. The van der Waals surface area contributed by atoms with Gasteiger partial charge in [0.05, 0.1) is 17.1 Å². The zero-order chi connectivity index (χ0) is 27.6. The molecular formula is C38H27N3. The van der Waals surface area contributed by atoms with Crippen molar-refractivity contribution in [3.8, 4) is 45.2 Å². The van der Waals surface area contributed by atoms with E-state index in [1.807, 2.05) is 24.4 Å². The SMILES string of the molecule is CC1(C)c2cc(-c3ccccn3)cc3ccc4cc(-c5nc(-c6ccccc6)cc(-c6ccccc6)n5)cc1c4c23. The molecule has 1 aliphatic rings. The van der Waals surface area contributed by atoms with Crippen molar-refractivity contribution in [3.05, 3.63) is 139 Å². The first kappa shape index (κ1) is 23.7. The molecule has 0 fully saturated rings. The van der Waals surface area contributed by atoms with Crippen LogP contribution in [0.1, 0.15) is 25.0 Å². The summed E-state index contributed by atoms with van der Waals surface area (Å²) in [5, 5.41) is 5.15. The van der Waals surface area contributed by atoms with Crippen LogP contribution in [-0.2, 0) is 5.41 Å². The van der Waals surface area contributed by atoms with Crippen molar-refractivity contribution in [1.29, 1.82) is 0 Å². The molecule has 1 aliphatic carbocycles. The van der Waals surface area contributed by atoms with Gasteiger partial charge in [0.15, 0.2) is 5.82 Å². The van der Waals surface area contributed by atoms with Gasteiger partial charge in [-0.25, -0.2) is 9.97 Å². The van der Waals surface area contributed by atoms with E-state index in [-0.39, 0.29) is 5.41 Å². The second-order valence-electron chi connectivity index (χ2n) is 11.3. The first-order valence-electron chi connectivity index (χ1n) is 14.0. The Morgan fingerprint density at radius 1 is 0.463 bits per heavy atom. The van der Waals surface area contributed by atoms with Gasteiger partial charge >= 0.3 is 0 Å². The number of nitrogens with zero attached hydrogens (tertiary/aromatic N) is 3. The van der Waals surface area contributed by atoms with E-state index >= 15 is 0 Å². The lowest BCUT2D eigenvalue weighted by molar-refractivity contribution is 0.663. The van der Waals surface area contributed by atoms with Crippen LogP contribution in [0.4, 0.5) is 0 Å². The van der Waals surface area contributed by atoms with Gasteiger partial charge in [-0.1, -0.05) is 92.7 Å². The van der Waals surface area contributed by atoms with Crippen molar-refractivity contribution in [3.63, 3.8) is 0 Å². The molecule has 0 saturated carbocycles. The standard InChI is InChI=1S/C38H27N3/c1-38(2)30-21-28(32-15-9-10-18-39-32)19-26-16-17-27-20-29(22-31(38)36(27)35(26)30)37-40-33(24-11-5-3-6-12-24)23-34(41-37)25-13-7-4-8-14-25/h3-23H,1-2H3. The maximum Gasteiger partial charge on any atom is 0.160 e. The van der Waals surface area contributed by atoms with Crippen molar-refractivity contribution in [1.82, 2.24) is 15.0 Å². The van der Waals surface area contributed by atoms with E-state index in [1.165, 1.54) is 32.7 Å². The van der Waals surface area contributed by atoms with E-state index in [0.717, 1.165) is 45.2 Å². The summed E-state index contributed by atoms with van der Waals surface area (Å²) in [5.74, 6) is 0.740. The number of benzene rings is 5. The Bertz CT molecular complexity index is 2040. The van der Waals surface area contributed by atoms with Crippen LogP contribution in [0.3, 0.4) is 0 Å². The van der Waals surface area contributed by atoms with Gasteiger partial charge in [0.1, 0.15) is 0 Å². The Labute approximate surface area is 239 Å².